The highest BCUT2D eigenvalue weighted by Crippen LogP contribution is 2.23. The van der Waals surface area contributed by atoms with E-state index in [1.807, 2.05) is 6.07 Å². The summed E-state index contributed by atoms with van der Waals surface area (Å²) in [5, 5.41) is 0.994. The third-order valence-corrected chi connectivity index (χ3v) is 4.77. The first-order valence-corrected chi connectivity index (χ1v) is 9.12. The Balaban J connectivity index is 1.40. The van der Waals surface area contributed by atoms with E-state index in [-0.39, 0.29) is 29.7 Å². The van der Waals surface area contributed by atoms with Gasteiger partial charge in [-0.3, -0.25) is 19.0 Å². The average Bonchev–Trinajstić information content (AvgIpc) is 2.95. The highest BCUT2D eigenvalue weighted by molar-refractivity contribution is 6.20. The summed E-state index contributed by atoms with van der Waals surface area (Å²) in [5.41, 5.74) is 0.850. The summed E-state index contributed by atoms with van der Waals surface area (Å²) in [6.45, 7) is 1.99. The largest absolute Gasteiger partial charge is 0.333 e. The first-order chi connectivity index (χ1) is 14.0. The summed E-state index contributed by atoms with van der Waals surface area (Å²) in [6, 6.07) is 13.3. The Morgan fingerprint density at radius 1 is 0.966 bits per heavy atom. The second kappa shape index (κ2) is 7.31. The van der Waals surface area contributed by atoms with E-state index >= 15 is 0 Å². The lowest BCUT2D eigenvalue weighted by Gasteiger charge is -2.13. The number of nitrogens with zero attached hydrogens (tertiary/aromatic N) is 3. The Bertz CT molecular complexity index is 1180. The van der Waals surface area contributed by atoms with Crippen LogP contribution in [-0.4, -0.2) is 32.4 Å². The molecule has 146 valence electrons. The number of hydroxylamine groups is 2. The maximum atomic E-state index is 12.6. The molecule has 1 aromatic heterocycles. The van der Waals surface area contributed by atoms with Crippen LogP contribution in [0.1, 0.15) is 39.4 Å². The number of fused-ring (bicyclic) bond motifs is 2. The Kier molecular flexibility index (Phi) is 4.67. The molecule has 3 aromatic rings. The molecule has 8 nitrogen and oxygen atoms in total. The summed E-state index contributed by atoms with van der Waals surface area (Å²) in [6.07, 6.45) is 0.231. The number of hydrogen-bond acceptors (Lipinski definition) is 6. The Hall–Kier alpha value is -3.81. The number of para-hydroxylation sites is 1. The molecule has 0 radical (unpaired) electrons. The number of hydrogen-bond donors (Lipinski definition) is 0. The lowest BCUT2D eigenvalue weighted by Crippen LogP contribution is -2.32. The zero-order valence-corrected chi connectivity index (χ0v) is 15.6. The van der Waals surface area contributed by atoms with Crippen LogP contribution in [0.3, 0.4) is 0 Å². The van der Waals surface area contributed by atoms with Gasteiger partial charge in [-0.25, -0.2) is 9.78 Å². The minimum Gasteiger partial charge on any atom is -0.330 e. The molecule has 0 atom stereocenters. The monoisotopic (exact) mass is 391 g/mol. The molecule has 2 aromatic carbocycles. The number of carbonyl (C=O) groups is 3. The van der Waals surface area contributed by atoms with Crippen molar-refractivity contribution in [2.75, 3.05) is 0 Å². The van der Waals surface area contributed by atoms with Crippen LogP contribution in [0.5, 0.6) is 0 Å². The normalized spacial score (nSPS) is 13.1. The third kappa shape index (κ3) is 3.29. The summed E-state index contributed by atoms with van der Waals surface area (Å²) in [4.78, 5) is 58.6. The van der Waals surface area contributed by atoms with Gasteiger partial charge in [0.1, 0.15) is 5.82 Å². The first-order valence-electron chi connectivity index (χ1n) is 9.12. The number of benzene rings is 2. The lowest BCUT2D eigenvalue weighted by atomic mass is 10.1. The van der Waals surface area contributed by atoms with Crippen molar-refractivity contribution in [3.63, 3.8) is 0 Å². The van der Waals surface area contributed by atoms with E-state index in [2.05, 4.69) is 4.98 Å². The van der Waals surface area contributed by atoms with Gasteiger partial charge in [0.15, 0.2) is 0 Å². The van der Waals surface area contributed by atoms with E-state index in [4.69, 9.17) is 4.84 Å². The molecular formula is C21H17N3O5. The number of rotatable bonds is 5. The van der Waals surface area contributed by atoms with Crippen molar-refractivity contribution in [3.05, 3.63) is 75.8 Å². The molecule has 2 amide bonds. The summed E-state index contributed by atoms with van der Waals surface area (Å²) >= 11 is 0. The highest BCUT2D eigenvalue weighted by atomic mass is 16.7. The van der Waals surface area contributed by atoms with Gasteiger partial charge in [0.25, 0.3) is 17.4 Å². The Morgan fingerprint density at radius 2 is 1.59 bits per heavy atom. The Labute approximate surface area is 165 Å². The van der Waals surface area contributed by atoms with Gasteiger partial charge >= 0.3 is 5.97 Å². The standard InChI is InChI=1S/C21H17N3O5/c1-13-22-17-10-5-4-9-16(17)19(26)23(13)12-6-11-18(25)29-24-20(27)14-7-2-3-8-15(14)21(24)28/h2-5,7-10H,6,11-12H2,1H3. The van der Waals surface area contributed by atoms with Crippen LogP contribution in [0.25, 0.3) is 10.9 Å². The van der Waals surface area contributed by atoms with Gasteiger partial charge in [-0.1, -0.05) is 29.3 Å². The van der Waals surface area contributed by atoms with Crippen LogP contribution in [0, 0.1) is 6.92 Å². The van der Waals surface area contributed by atoms with Gasteiger partial charge in [0.2, 0.25) is 0 Å². The van der Waals surface area contributed by atoms with Crippen LogP contribution < -0.4 is 5.56 Å². The van der Waals surface area contributed by atoms with E-state index in [0.29, 0.717) is 28.2 Å². The van der Waals surface area contributed by atoms with Crippen LogP contribution >= 0.6 is 0 Å². The van der Waals surface area contributed by atoms with Crippen molar-refractivity contribution in [2.24, 2.45) is 0 Å². The summed E-state index contributed by atoms with van der Waals surface area (Å²) in [5.74, 6) is -1.50. The minimum absolute atomic E-state index is 0.0634. The molecule has 0 saturated carbocycles. The molecule has 4 rings (SSSR count). The van der Waals surface area contributed by atoms with Gasteiger partial charge in [-0.15, -0.1) is 0 Å². The minimum atomic E-state index is -0.723. The SMILES string of the molecule is Cc1nc2ccccc2c(=O)n1CCCC(=O)ON1C(=O)c2ccccc2C1=O. The van der Waals surface area contributed by atoms with Crippen molar-refractivity contribution < 1.29 is 19.2 Å². The molecule has 8 heteroatoms. The van der Waals surface area contributed by atoms with Gasteiger partial charge in [-0.2, -0.15) is 0 Å². The van der Waals surface area contributed by atoms with Crippen LogP contribution in [0.4, 0.5) is 0 Å². The van der Waals surface area contributed by atoms with E-state index in [1.54, 1.807) is 37.3 Å². The van der Waals surface area contributed by atoms with E-state index in [1.165, 1.54) is 16.7 Å². The quantitative estimate of drug-likeness (QED) is 0.619. The van der Waals surface area contributed by atoms with Crippen LogP contribution in [0.15, 0.2) is 53.3 Å². The van der Waals surface area contributed by atoms with Gasteiger partial charge in [-0.05, 0) is 37.6 Å². The molecular weight excluding hydrogens is 374 g/mol. The number of aryl methyl sites for hydroxylation is 1. The molecule has 0 N–H and O–H groups in total. The smallest absolute Gasteiger partial charge is 0.330 e. The molecule has 29 heavy (non-hydrogen) atoms. The van der Waals surface area contributed by atoms with Crippen molar-refractivity contribution in [1.29, 1.82) is 0 Å². The predicted molar refractivity (Wildman–Crippen MR) is 103 cm³/mol. The molecule has 0 bridgehead atoms. The average molecular weight is 391 g/mol. The fourth-order valence-corrected chi connectivity index (χ4v) is 3.32. The Morgan fingerprint density at radius 3 is 2.28 bits per heavy atom. The van der Waals surface area contributed by atoms with Crippen molar-refractivity contribution in [2.45, 2.75) is 26.3 Å². The van der Waals surface area contributed by atoms with Gasteiger partial charge in [0.05, 0.1) is 22.0 Å². The molecule has 2 heterocycles. The van der Waals surface area contributed by atoms with E-state index < -0.39 is 17.8 Å². The van der Waals surface area contributed by atoms with Gasteiger partial charge < -0.3 is 4.84 Å². The molecule has 0 unspecified atom stereocenters. The molecule has 0 fully saturated rings. The summed E-state index contributed by atoms with van der Waals surface area (Å²) < 4.78 is 1.50. The van der Waals surface area contributed by atoms with E-state index in [0.717, 1.165) is 0 Å². The van der Waals surface area contributed by atoms with E-state index in [9.17, 15) is 19.2 Å². The molecule has 0 saturated heterocycles. The van der Waals surface area contributed by atoms with Crippen molar-refractivity contribution in [1.82, 2.24) is 14.6 Å². The summed E-state index contributed by atoms with van der Waals surface area (Å²) in [7, 11) is 0. The zero-order valence-electron chi connectivity index (χ0n) is 15.6. The number of imide groups is 1. The fourth-order valence-electron chi connectivity index (χ4n) is 3.32. The highest BCUT2D eigenvalue weighted by Gasteiger charge is 2.38. The predicted octanol–water partition coefficient (Wildman–Crippen LogP) is 2.24. The van der Waals surface area contributed by atoms with Crippen molar-refractivity contribution >= 4 is 28.7 Å². The molecule has 0 spiro atoms. The lowest BCUT2D eigenvalue weighted by molar-refractivity contribution is -0.168. The maximum absolute atomic E-state index is 12.6. The number of amides is 2. The second-order valence-electron chi connectivity index (χ2n) is 6.65. The van der Waals surface area contributed by atoms with Crippen molar-refractivity contribution in [3.8, 4) is 0 Å². The van der Waals surface area contributed by atoms with Crippen LogP contribution in [-0.2, 0) is 16.2 Å². The number of aromatic nitrogens is 2. The van der Waals surface area contributed by atoms with Gasteiger partial charge in [0, 0.05) is 13.0 Å². The maximum Gasteiger partial charge on any atom is 0.333 e. The topological polar surface area (TPSA) is 98.6 Å². The second-order valence-corrected chi connectivity index (χ2v) is 6.65. The third-order valence-electron chi connectivity index (χ3n) is 4.77. The molecule has 0 aliphatic carbocycles. The van der Waals surface area contributed by atoms with Crippen LogP contribution in [0.2, 0.25) is 0 Å². The fraction of sp³-hybridized carbons (Fsp3) is 0.190. The molecule has 1 aliphatic heterocycles. The first kappa shape index (κ1) is 18.5. The zero-order chi connectivity index (χ0) is 20.5. The number of carbonyl (C=O) groups excluding carboxylic acids is 3. The molecule has 1 aliphatic rings.